The van der Waals surface area contributed by atoms with Crippen molar-refractivity contribution < 1.29 is 45.4 Å². The molecule has 0 radical (unpaired) electrons. The van der Waals surface area contributed by atoms with Gasteiger partial charge in [-0.15, -0.1) is 36.5 Å². The Labute approximate surface area is 312 Å². The zero-order valence-electron chi connectivity index (χ0n) is 28.6. The van der Waals surface area contributed by atoms with Gasteiger partial charge in [0.15, 0.2) is 11.6 Å². The topological polar surface area (TPSA) is 175 Å². The Morgan fingerprint density at radius 3 is 1.50 bits per heavy atom. The second kappa shape index (κ2) is 18.2. The number of aryl methyl sites for hydroxylation is 1. The first-order valence-electron chi connectivity index (χ1n) is 16.1. The highest BCUT2D eigenvalue weighted by Gasteiger charge is 2.31. The Bertz CT molecular complexity index is 2310. The third-order valence-electron chi connectivity index (χ3n) is 7.44. The molecule has 0 N–H and O–H groups in total. The molecule has 0 unspecified atom stereocenters. The van der Waals surface area contributed by atoms with Crippen LogP contribution in [0.2, 0.25) is 0 Å². The number of alkyl halides is 6. The number of carbonyl (C=O) groups is 1. The lowest BCUT2D eigenvalue weighted by Crippen LogP contribution is -2.17. The molecular formula is C36H26F6N10O4. The molecule has 286 valence electrons. The first kappa shape index (κ1) is 39.9. The van der Waals surface area contributed by atoms with Crippen LogP contribution in [0.5, 0.6) is 11.5 Å². The number of aromatic nitrogens is 6. The van der Waals surface area contributed by atoms with Gasteiger partial charge >= 0.3 is 12.7 Å². The fourth-order valence-corrected chi connectivity index (χ4v) is 4.86. The van der Waals surface area contributed by atoms with Crippen molar-refractivity contribution in [1.82, 2.24) is 29.5 Å². The molecule has 2 aromatic heterocycles. The molecule has 6 rings (SSSR count). The number of aliphatic imine (C=N–C) groups is 1. The Morgan fingerprint density at radius 1 is 0.679 bits per heavy atom. The van der Waals surface area contributed by atoms with E-state index in [1.165, 1.54) is 76.6 Å². The molecule has 0 fully saturated rings. The highest BCUT2D eigenvalue weighted by atomic mass is 19.4. The van der Waals surface area contributed by atoms with E-state index in [-0.39, 0.29) is 17.9 Å². The molecular weight excluding hydrogens is 750 g/mol. The number of azide groups is 1. The maximum absolute atomic E-state index is 12.2. The molecule has 4 aromatic carbocycles. The van der Waals surface area contributed by atoms with Crippen LogP contribution in [-0.4, -0.2) is 60.8 Å². The lowest BCUT2D eigenvalue weighted by molar-refractivity contribution is -0.275. The number of benzene rings is 4. The maximum Gasteiger partial charge on any atom is 0.573 e. The van der Waals surface area contributed by atoms with E-state index in [2.05, 4.69) is 44.7 Å². The average molecular weight is 777 g/mol. The molecule has 0 aliphatic rings. The fraction of sp³-hybridized carbons (Fsp3) is 0.167. The number of ether oxygens (including phenoxy) is 2. The summed E-state index contributed by atoms with van der Waals surface area (Å²) in [6.07, 6.45) is -3.88. The smallest absolute Gasteiger partial charge is 0.406 e. The van der Waals surface area contributed by atoms with Crippen LogP contribution in [0.25, 0.3) is 44.6 Å². The minimum absolute atomic E-state index is 0.115. The summed E-state index contributed by atoms with van der Waals surface area (Å²) in [5.41, 5.74) is 12.7. The minimum Gasteiger partial charge on any atom is -0.406 e. The van der Waals surface area contributed by atoms with Gasteiger partial charge in [0.1, 0.15) is 24.2 Å². The van der Waals surface area contributed by atoms with Gasteiger partial charge in [-0.3, -0.25) is 4.79 Å². The monoisotopic (exact) mass is 776 g/mol. The van der Waals surface area contributed by atoms with E-state index in [0.29, 0.717) is 42.4 Å². The molecule has 0 bridgehead atoms. The van der Waals surface area contributed by atoms with Crippen LogP contribution >= 0.6 is 0 Å². The van der Waals surface area contributed by atoms with Gasteiger partial charge in [0.25, 0.3) is 0 Å². The van der Waals surface area contributed by atoms with E-state index in [9.17, 15) is 35.9 Å². The Kier molecular flexibility index (Phi) is 12.9. The summed E-state index contributed by atoms with van der Waals surface area (Å²) in [5, 5.41) is 11.7. The van der Waals surface area contributed by atoms with Gasteiger partial charge in [0.2, 0.25) is 12.0 Å². The van der Waals surface area contributed by atoms with Gasteiger partial charge in [0.05, 0.1) is 17.9 Å². The van der Waals surface area contributed by atoms with E-state index in [0.717, 1.165) is 22.3 Å². The van der Waals surface area contributed by atoms with Crippen LogP contribution < -0.4 is 9.47 Å². The zero-order valence-corrected chi connectivity index (χ0v) is 28.6. The number of isocyanates is 1. The number of rotatable bonds is 12. The third-order valence-corrected chi connectivity index (χ3v) is 7.44. The van der Waals surface area contributed by atoms with Crippen LogP contribution in [0.3, 0.4) is 0 Å². The number of halogens is 6. The van der Waals surface area contributed by atoms with Gasteiger partial charge in [-0.05, 0) is 83.1 Å². The van der Waals surface area contributed by atoms with Crippen LogP contribution in [-0.2, 0) is 22.4 Å². The maximum atomic E-state index is 12.2. The molecule has 2 heterocycles. The Balaban J connectivity index is 0.000000215. The molecule has 0 aliphatic heterocycles. The van der Waals surface area contributed by atoms with Crippen LogP contribution in [0, 0.1) is 0 Å². The van der Waals surface area contributed by atoms with Gasteiger partial charge in [-0.1, -0.05) is 48.5 Å². The van der Waals surface area contributed by atoms with E-state index >= 15 is 0 Å². The first-order chi connectivity index (χ1) is 26.8. The summed E-state index contributed by atoms with van der Waals surface area (Å²) >= 11 is 0. The normalized spacial score (nSPS) is 11.0. The van der Waals surface area contributed by atoms with E-state index in [1.54, 1.807) is 12.1 Å². The lowest BCUT2D eigenvalue weighted by Gasteiger charge is -2.09. The van der Waals surface area contributed by atoms with E-state index in [4.69, 9.17) is 5.53 Å². The second-order valence-corrected chi connectivity index (χ2v) is 11.3. The predicted octanol–water partition coefficient (Wildman–Crippen LogP) is 8.31. The van der Waals surface area contributed by atoms with Crippen molar-refractivity contribution in [2.24, 2.45) is 10.1 Å². The van der Waals surface area contributed by atoms with Crippen molar-refractivity contribution >= 4 is 12.0 Å². The van der Waals surface area contributed by atoms with Gasteiger partial charge < -0.3 is 9.47 Å². The van der Waals surface area contributed by atoms with Crippen molar-refractivity contribution in [1.29, 1.82) is 0 Å². The molecule has 20 heteroatoms. The van der Waals surface area contributed by atoms with Crippen molar-refractivity contribution in [2.75, 3.05) is 6.54 Å². The lowest BCUT2D eigenvalue weighted by atomic mass is 10.1. The molecule has 56 heavy (non-hydrogen) atoms. The molecule has 0 aliphatic carbocycles. The largest absolute Gasteiger partial charge is 0.573 e. The van der Waals surface area contributed by atoms with Crippen molar-refractivity contribution in [2.45, 2.75) is 32.0 Å². The summed E-state index contributed by atoms with van der Waals surface area (Å²) in [4.78, 5) is 35.7. The number of amides is 1. The van der Waals surface area contributed by atoms with Gasteiger partial charge in [-0.2, -0.15) is 0 Å². The second-order valence-electron chi connectivity index (χ2n) is 11.3. The fourth-order valence-electron chi connectivity index (χ4n) is 4.86. The van der Waals surface area contributed by atoms with Crippen LogP contribution in [0.4, 0.5) is 26.3 Å². The molecule has 0 saturated carbocycles. The molecule has 0 atom stereocenters. The Hall–Kier alpha value is -7.30. The average Bonchev–Trinajstić information content (AvgIpc) is 3.86. The highest BCUT2D eigenvalue weighted by Crippen LogP contribution is 2.26. The van der Waals surface area contributed by atoms with Gasteiger partial charge in [0, 0.05) is 22.5 Å². The number of hydrogen-bond donors (Lipinski definition) is 0. The molecule has 6 aromatic rings. The van der Waals surface area contributed by atoms with E-state index < -0.39 is 18.6 Å². The molecule has 1 amide bonds. The molecule has 0 spiro atoms. The summed E-state index contributed by atoms with van der Waals surface area (Å²) in [6, 6.07) is 25.2. The summed E-state index contributed by atoms with van der Waals surface area (Å²) in [5.74, 6) is -0.249. The van der Waals surface area contributed by atoms with Crippen LogP contribution in [0.15, 0.2) is 120 Å². The van der Waals surface area contributed by atoms with Crippen molar-refractivity contribution in [3.8, 4) is 45.6 Å². The molecule has 14 nitrogen and oxygen atoms in total. The summed E-state index contributed by atoms with van der Waals surface area (Å²) < 4.78 is 83.8. The highest BCUT2D eigenvalue weighted by molar-refractivity contribution is 5.77. The van der Waals surface area contributed by atoms with Crippen molar-refractivity contribution in [3.05, 3.63) is 131 Å². The number of carbonyl (C=O) groups excluding carboxylic acids is 2. The van der Waals surface area contributed by atoms with Crippen LogP contribution in [0.1, 0.15) is 17.5 Å². The number of nitrogens with zero attached hydrogens (tertiary/aromatic N) is 10. The SMILES string of the molecule is O=C=NCCc1ccc(-c2ncn(-c3ccc(OC(F)(F)F)cc3)n2)cc1.[N-]=[N+]=NC(=O)CCc1ccc(-c2ncn(-c3ccc(OC(F)(F)F)cc3)n2)cc1. The minimum atomic E-state index is -4.75. The third kappa shape index (κ3) is 12.1. The molecule has 0 saturated heterocycles. The summed E-state index contributed by atoms with van der Waals surface area (Å²) in [7, 11) is 0. The van der Waals surface area contributed by atoms with Crippen molar-refractivity contribution in [3.63, 3.8) is 0 Å². The van der Waals surface area contributed by atoms with Gasteiger partial charge in [-0.25, -0.2) is 29.1 Å². The number of hydrogen-bond acceptors (Lipinski definition) is 9. The van der Waals surface area contributed by atoms with E-state index in [1.807, 2.05) is 36.4 Å². The quantitative estimate of drug-likeness (QED) is 0.0298. The summed E-state index contributed by atoms with van der Waals surface area (Å²) in [6.45, 7) is 0.379. The zero-order chi connectivity index (χ0) is 40.1. The Morgan fingerprint density at radius 2 is 1.11 bits per heavy atom. The standard InChI is InChI=1S/C18H13F3N6O2.C18H13F3N4O2/c19-18(20,21)29-15-8-6-14(7-9-15)27-11-23-17(25-27)13-4-1-12(2-5-13)3-10-16(28)24-26-22;19-18(20,21)27-16-7-5-15(6-8-16)25-11-23-17(24-25)14-3-1-13(2-4-14)9-10-22-12-26/h1-2,4-9,11H,3,10H2;1-8,11H,9-10H2. The first-order valence-corrected chi connectivity index (χ1v) is 16.1. The predicted molar refractivity (Wildman–Crippen MR) is 186 cm³/mol.